The minimum atomic E-state index is -0.515. The van der Waals surface area contributed by atoms with Crippen LogP contribution in [0.1, 0.15) is 47.6 Å². The van der Waals surface area contributed by atoms with Crippen LogP contribution in [-0.4, -0.2) is 33.1 Å². The summed E-state index contributed by atoms with van der Waals surface area (Å²) in [7, 11) is -0.515. The van der Waals surface area contributed by atoms with Gasteiger partial charge in [0.1, 0.15) is 0 Å². The molecule has 0 amide bonds. The molecule has 0 spiro atoms. The maximum atomic E-state index is 6.06. The van der Waals surface area contributed by atoms with E-state index in [1.165, 1.54) is 0 Å². The van der Waals surface area contributed by atoms with Crippen molar-refractivity contribution >= 4 is 18.4 Å². The Morgan fingerprint density at radius 2 is 1.80 bits per heavy atom. The minimum absolute atomic E-state index is 0.254. The summed E-state index contributed by atoms with van der Waals surface area (Å²) in [4.78, 5) is 4.22. The van der Waals surface area contributed by atoms with Gasteiger partial charge in [-0.15, -0.1) is 0 Å². The fraction of sp³-hybridized carbons (Fsp3) is 0.529. The van der Waals surface area contributed by atoms with Gasteiger partial charge in [-0.2, -0.15) is 5.10 Å². The number of hydrogen-bond acceptors (Lipinski definition) is 6. The van der Waals surface area contributed by atoms with Crippen LogP contribution in [0.4, 0.5) is 5.82 Å². The molecule has 0 unspecified atom stereocenters. The molecule has 7 nitrogen and oxygen atoms in total. The van der Waals surface area contributed by atoms with Crippen LogP contribution in [0.3, 0.4) is 0 Å². The van der Waals surface area contributed by atoms with Crippen molar-refractivity contribution in [1.29, 1.82) is 0 Å². The molecule has 3 rings (SSSR count). The van der Waals surface area contributed by atoms with Gasteiger partial charge >= 0.3 is 7.12 Å². The Labute approximate surface area is 148 Å². The molecule has 25 heavy (non-hydrogen) atoms. The molecule has 134 valence electrons. The number of rotatable bonds is 4. The van der Waals surface area contributed by atoms with E-state index in [0.29, 0.717) is 17.3 Å². The number of nitrogen functional groups attached to an aromatic ring is 1. The Kier molecular flexibility index (Phi) is 4.29. The first-order valence-corrected chi connectivity index (χ1v) is 8.42. The number of pyridine rings is 1. The normalized spacial score (nSPS) is 18.8. The predicted octanol–water partition coefficient (Wildman–Crippen LogP) is 2.53. The van der Waals surface area contributed by atoms with Gasteiger partial charge in [0.2, 0.25) is 0 Å². The van der Waals surface area contributed by atoms with Crippen LogP contribution in [0.15, 0.2) is 24.7 Å². The number of ether oxygens (including phenoxy) is 1. The van der Waals surface area contributed by atoms with Gasteiger partial charge in [0, 0.05) is 17.7 Å². The third-order valence-electron chi connectivity index (χ3n) is 4.76. The van der Waals surface area contributed by atoms with Crippen molar-refractivity contribution in [2.45, 2.75) is 58.8 Å². The first kappa shape index (κ1) is 17.8. The molecule has 2 N–H and O–H groups in total. The number of nitrogens with zero attached hydrogens (tertiary/aromatic N) is 3. The smallest absolute Gasteiger partial charge is 0.450 e. The topological polar surface area (TPSA) is 84.4 Å². The second kappa shape index (κ2) is 6.03. The minimum Gasteiger partial charge on any atom is -0.450 e. The molecule has 0 bridgehead atoms. The lowest BCUT2D eigenvalue weighted by atomic mass is 9.80. The highest BCUT2D eigenvalue weighted by atomic mass is 16.7. The average Bonchev–Trinajstić information content (AvgIpc) is 3.04. The summed E-state index contributed by atoms with van der Waals surface area (Å²) in [5, 5.41) is 4.26. The summed E-state index contributed by atoms with van der Waals surface area (Å²) in [6.45, 7) is 12.1. The third kappa shape index (κ3) is 3.36. The highest BCUT2D eigenvalue weighted by Crippen LogP contribution is 2.37. The number of aromatic nitrogens is 3. The van der Waals surface area contributed by atoms with Crippen molar-refractivity contribution in [1.82, 2.24) is 14.8 Å². The van der Waals surface area contributed by atoms with E-state index in [4.69, 9.17) is 19.8 Å². The average molecular weight is 344 g/mol. The molecule has 2 aromatic rings. The van der Waals surface area contributed by atoms with Gasteiger partial charge in [0.05, 0.1) is 23.6 Å². The van der Waals surface area contributed by atoms with Gasteiger partial charge in [-0.3, -0.25) is 4.68 Å². The van der Waals surface area contributed by atoms with E-state index < -0.39 is 18.3 Å². The van der Waals surface area contributed by atoms with E-state index in [9.17, 15) is 0 Å². The van der Waals surface area contributed by atoms with Crippen LogP contribution in [0.25, 0.3) is 0 Å². The Hall–Kier alpha value is -2.06. The molecular weight excluding hydrogens is 319 g/mol. The first-order chi connectivity index (χ1) is 11.6. The molecule has 1 fully saturated rings. The number of nitrogens with two attached hydrogens (primary N) is 1. The second-order valence-electron chi connectivity index (χ2n) is 7.59. The monoisotopic (exact) mass is 344 g/mol. The van der Waals surface area contributed by atoms with Gasteiger partial charge in [-0.1, -0.05) is 0 Å². The summed E-state index contributed by atoms with van der Waals surface area (Å²) in [5.41, 5.74) is 5.89. The zero-order valence-electron chi connectivity index (χ0n) is 15.6. The third-order valence-corrected chi connectivity index (χ3v) is 4.76. The fourth-order valence-corrected chi connectivity index (χ4v) is 2.44. The van der Waals surface area contributed by atoms with Crippen LogP contribution >= 0.6 is 0 Å². The highest BCUT2D eigenvalue weighted by Gasteiger charge is 2.51. The van der Waals surface area contributed by atoms with Gasteiger partial charge in [-0.25, -0.2) is 4.98 Å². The van der Waals surface area contributed by atoms with E-state index in [2.05, 4.69) is 10.1 Å². The summed E-state index contributed by atoms with van der Waals surface area (Å²) in [6.07, 6.45) is 5.13. The van der Waals surface area contributed by atoms with Crippen LogP contribution < -0.4 is 15.9 Å². The molecule has 1 aliphatic heterocycles. The largest absolute Gasteiger partial charge is 0.496 e. The molecule has 0 atom stereocenters. The van der Waals surface area contributed by atoms with Crippen molar-refractivity contribution in [2.75, 3.05) is 5.73 Å². The van der Waals surface area contributed by atoms with Crippen molar-refractivity contribution in [3.63, 3.8) is 0 Å². The lowest BCUT2D eigenvalue weighted by molar-refractivity contribution is 0.00578. The van der Waals surface area contributed by atoms with Crippen molar-refractivity contribution in [2.24, 2.45) is 0 Å². The molecule has 0 aromatic carbocycles. The van der Waals surface area contributed by atoms with Crippen molar-refractivity contribution < 1.29 is 14.0 Å². The van der Waals surface area contributed by atoms with E-state index in [-0.39, 0.29) is 6.04 Å². The Morgan fingerprint density at radius 3 is 2.36 bits per heavy atom. The molecule has 0 saturated carbocycles. The molecule has 0 radical (unpaired) electrons. The first-order valence-electron chi connectivity index (χ1n) is 8.42. The van der Waals surface area contributed by atoms with Crippen LogP contribution in [0.5, 0.6) is 11.5 Å². The molecule has 0 aliphatic carbocycles. The predicted molar refractivity (Wildman–Crippen MR) is 97.1 cm³/mol. The Morgan fingerprint density at radius 1 is 1.16 bits per heavy atom. The quantitative estimate of drug-likeness (QED) is 0.858. The van der Waals surface area contributed by atoms with Gasteiger partial charge < -0.3 is 19.8 Å². The van der Waals surface area contributed by atoms with E-state index >= 15 is 0 Å². The number of anilines is 1. The van der Waals surface area contributed by atoms with Crippen molar-refractivity contribution in [3.05, 3.63) is 24.7 Å². The summed E-state index contributed by atoms with van der Waals surface area (Å²) in [5.74, 6) is 1.36. The van der Waals surface area contributed by atoms with Crippen LogP contribution in [-0.2, 0) is 9.31 Å². The van der Waals surface area contributed by atoms with E-state index in [1.54, 1.807) is 18.5 Å². The summed E-state index contributed by atoms with van der Waals surface area (Å²) < 4.78 is 19.8. The van der Waals surface area contributed by atoms with Gasteiger partial charge in [-0.05, 0) is 47.6 Å². The maximum absolute atomic E-state index is 6.06. The molecule has 2 aromatic heterocycles. The molecule has 8 heteroatoms. The fourth-order valence-electron chi connectivity index (χ4n) is 2.44. The highest BCUT2D eigenvalue weighted by molar-refractivity contribution is 6.62. The molecule has 1 aliphatic rings. The second-order valence-corrected chi connectivity index (χ2v) is 7.59. The zero-order chi connectivity index (χ0) is 18.4. The summed E-state index contributed by atoms with van der Waals surface area (Å²) >= 11 is 0. The zero-order valence-corrected chi connectivity index (χ0v) is 15.6. The Bertz CT molecular complexity index is 757. The lowest BCUT2D eigenvalue weighted by Gasteiger charge is -2.32. The maximum Gasteiger partial charge on any atom is 0.496 e. The van der Waals surface area contributed by atoms with Crippen LogP contribution in [0.2, 0.25) is 0 Å². The Balaban J connectivity index is 1.84. The van der Waals surface area contributed by atoms with E-state index in [0.717, 1.165) is 5.46 Å². The molecular formula is C17H25BN4O3. The van der Waals surface area contributed by atoms with Crippen LogP contribution in [0, 0.1) is 0 Å². The number of hydrogen-bond donors (Lipinski definition) is 1. The standard InChI is InChI=1S/C17H25BN4O3/c1-11(2)22-10-13(9-21-22)23-14-7-12(8-20-15(14)19)18-24-16(3,4)17(5,6)25-18/h7-11H,1-6H3,(H2,19,20). The lowest BCUT2D eigenvalue weighted by Crippen LogP contribution is -2.41. The van der Waals surface area contributed by atoms with Crippen molar-refractivity contribution in [3.8, 4) is 11.5 Å². The summed E-state index contributed by atoms with van der Waals surface area (Å²) in [6, 6.07) is 2.06. The SMILES string of the molecule is CC(C)n1cc(Oc2cc(B3OC(C)(C)C(C)(C)O3)cnc2N)cn1. The molecule has 1 saturated heterocycles. The van der Waals surface area contributed by atoms with E-state index in [1.807, 2.05) is 52.4 Å². The van der Waals surface area contributed by atoms with Gasteiger partial charge in [0.25, 0.3) is 0 Å². The molecule has 3 heterocycles. The van der Waals surface area contributed by atoms with Gasteiger partial charge in [0.15, 0.2) is 17.3 Å².